The second-order valence-electron chi connectivity index (χ2n) is 4.40. The van der Waals surface area contributed by atoms with Crippen molar-refractivity contribution in [1.29, 1.82) is 0 Å². The predicted octanol–water partition coefficient (Wildman–Crippen LogP) is 2.99. The van der Waals surface area contributed by atoms with E-state index < -0.39 is 0 Å². The van der Waals surface area contributed by atoms with Gasteiger partial charge in [0, 0.05) is 16.0 Å². The van der Waals surface area contributed by atoms with E-state index in [1.807, 2.05) is 13.0 Å². The second-order valence-corrected chi connectivity index (χ2v) is 6.15. The van der Waals surface area contributed by atoms with E-state index in [0.717, 1.165) is 4.88 Å². The minimum absolute atomic E-state index is 0.00329. The fraction of sp³-hybridized carbons (Fsp3) is 0.143. The highest BCUT2D eigenvalue weighted by Gasteiger charge is 2.13. The van der Waals surface area contributed by atoms with Crippen LogP contribution in [0.3, 0.4) is 0 Å². The number of benzene rings is 1. The molecular formula is C14H14ClN3O2S. The summed E-state index contributed by atoms with van der Waals surface area (Å²) in [5.74, 6) is -0.193. The number of carbonyl (C=O) groups is 1. The number of nitrogens with one attached hydrogen (secondary N) is 1. The van der Waals surface area contributed by atoms with Crippen molar-refractivity contribution >= 4 is 34.7 Å². The number of hydrogen-bond acceptors (Lipinski definition) is 4. The van der Waals surface area contributed by atoms with Crippen LogP contribution in [-0.2, 0) is 0 Å². The lowest BCUT2D eigenvalue weighted by Crippen LogP contribution is -2.26. The number of amidine groups is 1. The molecule has 1 unspecified atom stereocenters. The Morgan fingerprint density at radius 2 is 1.90 bits per heavy atom. The molecular weight excluding hydrogens is 310 g/mol. The molecule has 0 fully saturated rings. The maximum atomic E-state index is 12.1. The molecule has 7 heteroatoms. The number of oxime groups is 1. The standard InChI is InChI=1S/C14H14ClN3O2S/c1-8(11-6-7-12(15)21-11)17-14(19)10-4-2-9(3-5-10)13(16)18-20/h2-8,20H,1H3,(H2,16,18)(H,17,19). The van der Waals surface area contributed by atoms with Gasteiger partial charge in [-0.3, -0.25) is 4.79 Å². The van der Waals surface area contributed by atoms with Crippen molar-refractivity contribution in [1.82, 2.24) is 5.32 Å². The number of thiophene rings is 1. The molecule has 0 spiro atoms. The lowest BCUT2D eigenvalue weighted by molar-refractivity contribution is 0.0940. The van der Waals surface area contributed by atoms with Crippen LogP contribution in [0.2, 0.25) is 4.34 Å². The molecule has 5 nitrogen and oxygen atoms in total. The smallest absolute Gasteiger partial charge is 0.251 e. The minimum Gasteiger partial charge on any atom is -0.409 e. The molecule has 0 saturated heterocycles. The van der Waals surface area contributed by atoms with Crippen LogP contribution >= 0.6 is 22.9 Å². The predicted molar refractivity (Wildman–Crippen MR) is 84.2 cm³/mol. The summed E-state index contributed by atoms with van der Waals surface area (Å²) >= 11 is 7.31. The van der Waals surface area contributed by atoms with Crippen molar-refractivity contribution in [3.8, 4) is 0 Å². The third-order valence-electron chi connectivity index (χ3n) is 2.92. The van der Waals surface area contributed by atoms with E-state index in [-0.39, 0.29) is 17.8 Å². The maximum absolute atomic E-state index is 12.1. The maximum Gasteiger partial charge on any atom is 0.251 e. The molecule has 2 rings (SSSR count). The number of nitrogens with zero attached hydrogens (tertiary/aromatic N) is 1. The number of rotatable bonds is 4. The lowest BCUT2D eigenvalue weighted by Gasteiger charge is -2.12. The number of hydrogen-bond donors (Lipinski definition) is 3. The van der Waals surface area contributed by atoms with Crippen molar-refractivity contribution in [2.75, 3.05) is 0 Å². The summed E-state index contributed by atoms with van der Waals surface area (Å²) in [6, 6.07) is 10.1. The van der Waals surface area contributed by atoms with Gasteiger partial charge in [-0.25, -0.2) is 0 Å². The normalized spacial score (nSPS) is 13.0. The van der Waals surface area contributed by atoms with Crippen LogP contribution in [0.15, 0.2) is 41.6 Å². The molecule has 110 valence electrons. The van der Waals surface area contributed by atoms with Gasteiger partial charge < -0.3 is 16.3 Å². The highest BCUT2D eigenvalue weighted by atomic mass is 35.5. The van der Waals surface area contributed by atoms with Crippen molar-refractivity contribution < 1.29 is 10.0 Å². The van der Waals surface area contributed by atoms with Crippen molar-refractivity contribution in [2.45, 2.75) is 13.0 Å². The molecule has 1 amide bonds. The average Bonchev–Trinajstić information content (AvgIpc) is 2.93. The van der Waals surface area contributed by atoms with Crippen molar-refractivity contribution in [3.63, 3.8) is 0 Å². The molecule has 1 heterocycles. The first-order valence-corrected chi connectivity index (χ1v) is 7.34. The fourth-order valence-electron chi connectivity index (χ4n) is 1.76. The SMILES string of the molecule is CC(NC(=O)c1ccc(C(N)=NO)cc1)c1ccc(Cl)s1. The first-order chi connectivity index (χ1) is 10.0. The Morgan fingerprint density at radius 3 is 2.43 bits per heavy atom. The highest BCUT2D eigenvalue weighted by Crippen LogP contribution is 2.26. The van der Waals surface area contributed by atoms with Crippen LogP contribution in [0.4, 0.5) is 0 Å². The third-order valence-corrected chi connectivity index (χ3v) is 4.33. The quantitative estimate of drug-likeness (QED) is 0.350. The van der Waals surface area contributed by atoms with Gasteiger partial charge in [0.1, 0.15) is 0 Å². The summed E-state index contributed by atoms with van der Waals surface area (Å²) in [6.45, 7) is 1.89. The summed E-state index contributed by atoms with van der Waals surface area (Å²) in [4.78, 5) is 13.1. The molecule has 0 radical (unpaired) electrons. The molecule has 0 aliphatic carbocycles. The Morgan fingerprint density at radius 1 is 1.29 bits per heavy atom. The van der Waals surface area contributed by atoms with E-state index >= 15 is 0 Å². The molecule has 21 heavy (non-hydrogen) atoms. The summed E-state index contributed by atoms with van der Waals surface area (Å²) < 4.78 is 0.689. The monoisotopic (exact) mass is 323 g/mol. The Bertz CT molecular complexity index is 667. The Kier molecular flexibility index (Phi) is 4.82. The van der Waals surface area contributed by atoms with Crippen LogP contribution in [-0.4, -0.2) is 17.0 Å². The van der Waals surface area contributed by atoms with Gasteiger partial charge >= 0.3 is 0 Å². The fourth-order valence-corrected chi connectivity index (χ4v) is 2.83. The number of amides is 1. The first kappa shape index (κ1) is 15.3. The van der Waals surface area contributed by atoms with Crippen LogP contribution in [0.5, 0.6) is 0 Å². The van der Waals surface area contributed by atoms with Crippen LogP contribution in [0.25, 0.3) is 0 Å². The zero-order chi connectivity index (χ0) is 15.4. The van der Waals surface area contributed by atoms with Crippen molar-refractivity contribution in [2.24, 2.45) is 10.9 Å². The summed E-state index contributed by atoms with van der Waals surface area (Å²) in [6.07, 6.45) is 0. The van der Waals surface area contributed by atoms with E-state index in [4.69, 9.17) is 22.5 Å². The van der Waals surface area contributed by atoms with Gasteiger partial charge in [-0.1, -0.05) is 28.9 Å². The summed E-state index contributed by atoms with van der Waals surface area (Å²) in [5, 5.41) is 14.4. The minimum atomic E-state index is -0.196. The lowest BCUT2D eigenvalue weighted by atomic mass is 10.1. The van der Waals surface area contributed by atoms with Crippen LogP contribution < -0.4 is 11.1 Å². The molecule has 0 aliphatic heterocycles. The Labute approximate surface area is 131 Å². The topological polar surface area (TPSA) is 87.7 Å². The molecule has 4 N–H and O–H groups in total. The second kappa shape index (κ2) is 6.60. The zero-order valence-electron chi connectivity index (χ0n) is 11.2. The molecule has 1 aromatic carbocycles. The molecule has 0 saturated carbocycles. The van der Waals surface area contributed by atoms with Gasteiger partial charge in [-0.15, -0.1) is 11.3 Å². The molecule has 0 bridgehead atoms. The molecule has 1 aromatic heterocycles. The molecule has 2 aromatic rings. The van der Waals surface area contributed by atoms with Gasteiger partial charge in [0.25, 0.3) is 5.91 Å². The van der Waals surface area contributed by atoms with E-state index in [1.165, 1.54) is 11.3 Å². The van der Waals surface area contributed by atoms with Gasteiger partial charge in [-0.05, 0) is 31.2 Å². The van der Waals surface area contributed by atoms with Crippen molar-refractivity contribution in [3.05, 3.63) is 56.7 Å². The molecule has 1 atom stereocenters. The highest BCUT2D eigenvalue weighted by molar-refractivity contribution is 7.16. The first-order valence-electron chi connectivity index (χ1n) is 6.15. The van der Waals surface area contributed by atoms with Gasteiger partial charge in [0.2, 0.25) is 0 Å². The third kappa shape index (κ3) is 3.74. The Hall–Kier alpha value is -2.05. The van der Waals surface area contributed by atoms with Gasteiger partial charge in [0.15, 0.2) is 5.84 Å². The molecule has 0 aliphatic rings. The summed E-state index contributed by atoms with van der Waals surface area (Å²) in [7, 11) is 0. The van der Waals surface area contributed by atoms with E-state index in [0.29, 0.717) is 15.5 Å². The van der Waals surface area contributed by atoms with E-state index in [1.54, 1.807) is 30.3 Å². The van der Waals surface area contributed by atoms with Crippen LogP contribution in [0.1, 0.15) is 33.8 Å². The average molecular weight is 324 g/mol. The van der Waals surface area contributed by atoms with E-state index in [2.05, 4.69) is 10.5 Å². The van der Waals surface area contributed by atoms with E-state index in [9.17, 15) is 4.79 Å². The van der Waals surface area contributed by atoms with Gasteiger partial charge in [-0.2, -0.15) is 0 Å². The van der Waals surface area contributed by atoms with Crippen LogP contribution in [0, 0.1) is 0 Å². The summed E-state index contributed by atoms with van der Waals surface area (Å²) in [5.41, 5.74) is 6.52. The largest absolute Gasteiger partial charge is 0.409 e. The van der Waals surface area contributed by atoms with Gasteiger partial charge in [0.05, 0.1) is 10.4 Å². The number of carbonyl (C=O) groups excluding carboxylic acids is 1. The number of nitrogens with two attached hydrogens (primary N) is 1. The number of halogens is 1. The Balaban J connectivity index is 2.06. The zero-order valence-corrected chi connectivity index (χ0v) is 12.8.